The Labute approximate surface area is 104 Å². The summed E-state index contributed by atoms with van der Waals surface area (Å²) < 4.78 is 6.77. The molecule has 3 N–H and O–H groups in total. The maximum atomic E-state index is 11.7. The fraction of sp³-hybridized carbons (Fsp3) is 0.333. The third-order valence-electron chi connectivity index (χ3n) is 2.79. The molecule has 2 heterocycles. The van der Waals surface area contributed by atoms with Crippen LogP contribution in [0.1, 0.15) is 11.8 Å². The molecular formula is C12H13N3O3. The van der Waals surface area contributed by atoms with E-state index in [1.807, 2.05) is 0 Å². The van der Waals surface area contributed by atoms with Gasteiger partial charge in [-0.1, -0.05) is 5.92 Å². The lowest BCUT2D eigenvalue weighted by atomic mass is 10.1. The van der Waals surface area contributed by atoms with Gasteiger partial charge in [-0.05, 0) is 19.1 Å². The number of rotatable bonds is 2. The van der Waals surface area contributed by atoms with Crippen LogP contribution in [0.25, 0.3) is 0 Å². The number of nitrogens with two attached hydrogens (primary N) is 1. The molecule has 2 rings (SSSR count). The topological polar surface area (TPSA) is 90.4 Å². The second-order valence-corrected chi connectivity index (χ2v) is 4.06. The molecule has 94 valence electrons. The number of aliphatic hydroxyl groups excluding tert-OH is 1. The number of anilines is 1. The maximum Gasteiger partial charge on any atom is 0.351 e. The summed E-state index contributed by atoms with van der Waals surface area (Å²) >= 11 is 0. The minimum Gasteiger partial charge on any atom is -0.392 e. The molecule has 1 aromatic heterocycles. The molecule has 0 saturated heterocycles. The number of nitrogens with zero attached hydrogens (tertiary/aromatic N) is 2. The van der Waals surface area contributed by atoms with Gasteiger partial charge >= 0.3 is 5.69 Å². The first-order valence-corrected chi connectivity index (χ1v) is 5.32. The number of hydrogen-bond acceptors (Lipinski definition) is 5. The van der Waals surface area contributed by atoms with Crippen LogP contribution in [-0.4, -0.2) is 26.9 Å². The second-order valence-electron chi connectivity index (χ2n) is 4.06. The number of ether oxygens (including phenoxy) is 1. The summed E-state index contributed by atoms with van der Waals surface area (Å²) in [6.45, 7) is 1.38. The summed E-state index contributed by atoms with van der Waals surface area (Å²) in [5.74, 6) is 2.54. The Morgan fingerprint density at radius 1 is 1.78 bits per heavy atom. The van der Waals surface area contributed by atoms with Crippen molar-refractivity contribution < 1.29 is 9.84 Å². The predicted molar refractivity (Wildman–Crippen MR) is 65.6 cm³/mol. The van der Waals surface area contributed by atoms with Crippen molar-refractivity contribution in [3.8, 4) is 12.3 Å². The molecule has 0 aromatic carbocycles. The number of hydrogen-bond donors (Lipinski definition) is 2. The van der Waals surface area contributed by atoms with Crippen LogP contribution in [-0.2, 0) is 4.74 Å². The highest BCUT2D eigenvalue weighted by atomic mass is 16.5. The van der Waals surface area contributed by atoms with E-state index in [1.54, 1.807) is 25.3 Å². The molecule has 0 saturated carbocycles. The van der Waals surface area contributed by atoms with E-state index in [2.05, 4.69) is 10.9 Å². The number of aromatic nitrogens is 2. The molecule has 0 unspecified atom stereocenters. The third-order valence-corrected chi connectivity index (χ3v) is 2.79. The van der Waals surface area contributed by atoms with Crippen molar-refractivity contribution in [1.82, 2.24) is 9.55 Å². The van der Waals surface area contributed by atoms with Crippen molar-refractivity contribution in [3.05, 3.63) is 34.4 Å². The lowest BCUT2D eigenvalue weighted by molar-refractivity contribution is -0.0502. The highest BCUT2D eigenvalue weighted by Crippen LogP contribution is 2.28. The van der Waals surface area contributed by atoms with E-state index in [-0.39, 0.29) is 12.4 Å². The molecule has 1 aliphatic rings. The van der Waals surface area contributed by atoms with Crippen molar-refractivity contribution in [2.75, 3.05) is 12.3 Å². The van der Waals surface area contributed by atoms with Crippen molar-refractivity contribution in [1.29, 1.82) is 0 Å². The first-order chi connectivity index (χ1) is 8.51. The lowest BCUT2D eigenvalue weighted by Crippen LogP contribution is -2.34. The van der Waals surface area contributed by atoms with Gasteiger partial charge in [0.2, 0.25) is 0 Å². The van der Waals surface area contributed by atoms with Crippen LogP contribution in [0.4, 0.5) is 5.82 Å². The molecule has 1 aromatic rings. The van der Waals surface area contributed by atoms with E-state index in [0.29, 0.717) is 5.56 Å². The summed E-state index contributed by atoms with van der Waals surface area (Å²) in [6, 6.07) is 0. The molecule has 1 aliphatic heterocycles. The number of terminal acetylenes is 1. The molecule has 2 atom stereocenters. The van der Waals surface area contributed by atoms with E-state index >= 15 is 0 Å². The van der Waals surface area contributed by atoms with Gasteiger partial charge in [-0.2, -0.15) is 4.98 Å². The quantitative estimate of drug-likeness (QED) is 0.547. The van der Waals surface area contributed by atoms with E-state index < -0.39 is 17.5 Å². The largest absolute Gasteiger partial charge is 0.392 e. The smallest absolute Gasteiger partial charge is 0.351 e. The minimum atomic E-state index is -1.18. The first kappa shape index (κ1) is 12.4. The van der Waals surface area contributed by atoms with Crippen molar-refractivity contribution in [2.45, 2.75) is 18.8 Å². The Balaban J connectivity index is 2.38. The van der Waals surface area contributed by atoms with Crippen LogP contribution < -0.4 is 11.4 Å². The van der Waals surface area contributed by atoms with E-state index in [1.165, 1.54) is 4.57 Å². The molecule has 0 fully saturated rings. The Morgan fingerprint density at radius 2 is 2.50 bits per heavy atom. The second kappa shape index (κ2) is 4.29. The zero-order valence-electron chi connectivity index (χ0n) is 9.83. The molecular weight excluding hydrogens is 234 g/mol. The minimum absolute atomic E-state index is 0.184. The monoisotopic (exact) mass is 247 g/mol. The van der Waals surface area contributed by atoms with Gasteiger partial charge in [-0.15, -0.1) is 6.42 Å². The lowest BCUT2D eigenvalue weighted by Gasteiger charge is -2.22. The van der Waals surface area contributed by atoms with Gasteiger partial charge in [0.15, 0.2) is 11.8 Å². The van der Waals surface area contributed by atoms with Crippen molar-refractivity contribution in [3.63, 3.8) is 0 Å². The van der Waals surface area contributed by atoms with Crippen molar-refractivity contribution >= 4 is 5.82 Å². The standard InChI is InChI=1S/C12H13N3O3/c1-3-12(7-16)5-4-9(18-12)15-6-8(2)10(13)14-11(15)17/h1,4-6,9,16H,7H2,2H3,(H2,13,14,17)/t9-,12+/m1/s1. The predicted octanol–water partition coefficient (Wildman–Crippen LogP) is -0.417. The van der Waals surface area contributed by atoms with E-state index in [9.17, 15) is 9.90 Å². The molecule has 0 aliphatic carbocycles. The zero-order valence-corrected chi connectivity index (χ0v) is 9.83. The first-order valence-electron chi connectivity index (χ1n) is 5.32. The number of nitrogen functional groups attached to an aromatic ring is 1. The van der Waals surface area contributed by atoms with Crippen LogP contribution in [0, 0.1) is 19.3 Å². The van der Waals surface area contributed by atoms with Gasteiger partial charge in [0.05, 0.1) is 6.61 Å². The molecule has 0 amide bonds. The van der Waals surface area contributed by atoms with Crippen LogP contribution in [0.5, 0.6) is 0 Å². The highest BCUT2D eigenvalue weighted by Gasteiger charge is 2.34. The summed E-state index contributed by atoms with van der Waals surface area (Å²) in [7, 11) is 0. The summed E-state index contributed by atoms with van der Waals surface area (Å²) in [6.07, 6.45) is 9.32. The fourth-order valence-electron chi connectivity index (χ4n) is 1.66. The van der Waals surface area contributed by atoms with Gasteiger partial charge in [0.1, 0.15) is 5.82 Å². The van der Waals surface area contributed by atoms with Gasteiger partial charge < -0.3 is 15.6 Å². The zero-order chi connectivity index (χ0) is 13.3. The third kappa shape index (κ3) is 1.90. The van der Waals surface area contributed by atoms with E-state index in [0.717, 1.165) is 0 Å². The van der Waals surface area contributed by atoms with Gasteiger partial charge in [-0.3, -0.25) is 4.57 Å². The van der Waals surface area contributed by atoms with Gasteiger partial charge in [0, 0.05) is 11.8 Å². The Kier molecular flexibility index (Phi) is 2.95. The molecule has 0 spiro atoms. The van der Waals surface area contributed by atoms with Crippen molar-refractivity contribution in [2.24, 2.45) is 0 Å². The van der Waals surface area contributed by atoms with Crippen LogP contribution in [0.2, 0.25) is 0 Å². The Hall–Kier alpha value is -2.10. The molecule has 18 heavy (non-hydrogen) atoms. The van der Waals surface area contributed by atoms with Crippen LogP contribution in [0.3, 0.4) is 0 Å². The van der Waals surface area contributed by atoms with Gasteiger partial charge in [0.25, 0.3) is 0 Å². The van der Waals surface area contributed by atoms with Crippen LogP contribution >= 0.6 is 0 Å². The highest BCUT2D eigenvalue weighted by molar-refractivity contribution is 5.35. The Morgan fingerprint density at radius 3 is 3.06 bits per heavy atom. The molecule has 0 bridgehead atoms. The summed E-state index contributed by atoms with van der Waals surface area (Å²) in [5.41, 5.74) is 4.49. The molecule has 6 heteroatoms. The van der Waals surface area contributed by atoms with E-state index in [4.69, 9.17) is 16.9 Å². The number of aryl methyl sites for hydroxylation is 1. The normalized spacial score (nSPS) is 26.2. The van der Waals surface area contributed by atoms with Gasteiger partial charge in [-0.25, -0.2) is 4.79 Å². The summed E-state index contributed by atoms with van der Waals surface area (Å²) in [4.78, 5) is 15.4. The molecule has 0 radical (unpaired) electrons. The Bertz CT molecular complexity index is 600. The average molecular weight is 247 g/mol. The fourth-order valence-corrected chi connectivity index (χ4v) is 1.66. The number of aliphatic hydroxyl groups is 1. The average Bonchev–Trinajstić information content (AvgIpc) is 2.79. The SMILES string of the molecule is C#C[C@@]1(CO)C=C[C@H](n2cc(C)c(N)nc2=O)O1. The molecule has 6 nitrogen and oxygen atoms in total. The van der Waals surface area contributed by atoms with Crippen LogP contribution in [0.15, 0.2) is 23.1 Å². The maximum absolute atomic E-state index is 11.7. The summed E-state index contributed by atoms with van der Waals surface area (Å²) in [5, 5.41) is 9.21.